The van der Waals surface area contributed by atoms with Crippen molar-refractivity contribution in [1.82, 2.24) is 0 Å². The van der Waals surface area contributed by atoms with E-state index < -0.39 is 20.4 Å². The Morgan fingerprint density at radius 1 is 0.612 bits per heavy atom. The fourth-order valence-corrected chi connectivity index (χ4v) is 4.13. The van der Waals surface area contributed by atoms with Crippen molar-refractivity contribution in [2.24, 2.45) is 40.9 Å². The first-order valence-electron chi connectivity index (χ1n) is 14.3. The Balaban J connectivity index is 0.000000127. The molecule has 0 aliphatic carbocycles. The highest BCUT2D eigenvalue weighted by atomic mass is 16.6. The summed E-state index contributed by atoms with van der Waals surface area (Å²) in [7, 11) is 0. The summed E-state index contributed by atoms with van der Waals surface area (Å²) in [5.41, 5.74) is 3.45. The van der Waals surface area contributed by atoms with Crippen molar-refractivity contribution in [3.05, 3.63) is 161 Å². The minimum Gasteiger partial charge on any atom is -0.258 e. The van der Waals surface area contributed by atoms with Gasteiger partial charge in [-0.3, -0.25) is 30.3 Å². The van der Waals surface area contributed by atoms with Crippen LogP contribution in [0.25, 0.3) is 4.85 Å². The zero-order chi connectivity index (χ0) is 35.2. The van der Waals surface area contributed by atoms with Crippen LogP contribution in [0.5, 0.6) is 0 Å². The van der Waals surface area contributed by atoms with E-state index >= 15 is 0 Å². The van der Waals surface area contributed by atoms with Crippen LogP contribution < -0.4 is 0 Å². The van der Waals surface area contributed by atoms with E-state index in [-0.39, 0.29) is 35.1 Å². The molecule has 4 aliphatic rings. The molecular weight excluding hydrogens is 636 g/mol. The number of para-hydroxylation sites is 1. The predicted molar refractivity (Wildman–Crippen MR) is 172 cm³/mol. The minimum atomic E-state index is -0.449. The summed E-state index contributed by atoms with van der Waals surface area (Å²) in [4.78, 5) is 33.2. The van der Waals surface area contributed by atoms with E-state index in [1.54, 1.807) is 54.6 Å². The quantitative estimate of drug-likeness (QED) is 0.106. The number of nitro groups is 3. The summed E-state index contributed by atoms with van der Waals surface area (Å²) in [6.45, 7) is 10.6. The fraction of sp³-hybridized carbons (Fsp3) is 0.194. The Labute approximate surface area is 277 Å². The van der Waals surface area contributed by atoms with Gasteiger partial charge in [-0.1, -0.05) is 48.5 Å². The first kappa shape index (κ1) is 33.3. The van der Waals surface area contributed by atoms with Gasteiger partial charge in [0.15, 0.2) is 5.69 Å². The third-order valence-corrected chi connectivity index (χ3v) is 7.22. The normalized spacial score (nSPS) is 15.9. The van der Waals surface area contributed by atoms with Crippen LogP contribution >= 0.6 is 0 Å². The molecule has 0 fully saturated rings. The summed E-state index contributed by atoms with van der Waals surface area (Å²) in [6, 6.07) is 26.5. The van der Waals surface area contributed by atoms with E-state index in [4.69, 9.17) is 6.57 Å². The number of rotatable bonds is 7. The fourth-order valence-electron chi connectivity index (χ4n) is 4.13. The van der Waals surface area contributed by atoms with Crippen LogP contribution in [0.3, 0.4) is 0 Å². The van der Waals surface area contributed by atoms with Crippen molar-refractivity contribution < 1.29 is 14.8 Å². The molecule has 0 radical (unpaired) electrons. The van der Waals surface area contributed by atoms with E-state index in [0.29, 0.717) is 11.3 Å². The highest BCUT2D eigenvalue weighted by molar-refractivity contribution is 5.47. The highest BCUT2D eigenvalue weighted by Crippen LogP contribution is 2.40. The van der Waals surface area contributed by atoms with E-state index in [2.05, 4.69) is 45.8 Å². The van der Waals surface area contributed by atoms with Crippen molar-refractivity contribution in [3.63, 3.8) is 0 Å². The molecule has 0 saturated heterocycles. The lowest BCUT2D eigenvalue weighted by atomic mass is 10.1. The van der Waals surface area contributed by atoms with Crippen molar-refractivity contribution >= 4 is 22.7 Å². The predicted octanol–water partition coefficient (Wildman–Crippen LogP) is 9.23. The van der Waals surface area contributed by atoms with Crippen molar-refractivity contribution in [2.45, 2.75) is 37.5 Å². The van der Waals surface area contributed by atoms with Crippen LogP contribution in [0.2, 0.25) is 0 Å². The van der Waals surface area contributed by atoms with Gasteiger partial charge in [0.1, 0.15) is 0 Å². The number of non-ortho nitro benzene ring substituents is 2. The van der Waals surface area contributed by atoms with Crippen LogP contribution in [0, 0.1) is 36.9 Å². The molecule has 4 aromatic rings. The largest absolute Gasteiger partial charge is 0.276 e. The van der Waals surface area contributed by atoms with Crippen LogP contribution in [0.15, 0.2) is 138 Å². The third-order valence-electron chi connectivity index (χ3n) is 7.22. The Bertz CT molecular complexity index is 2050. The lowest BCUT2D eigenvalue weighted by molar-refractivity contribution is -0.385. The Hall–Kier alpha value is -7.03. The summed E-state index contributed by atoms with van der Waals surface area (Å²) >= 11 is 0. The molecular formula is C31H24N12O6. The highest BCUT2D eigenvalue weighted by Gasteiger charge is 2.36. The van der Waals surface area contributed by atoms with Crippen molar-refractivity contribution in [2.75, 3.05) is 0 Å². The van der Waals surface area contributed by atoms with Gasteiger partial charge in [-0.25, -0.2) is 4.85 Å². The number of nitrogens with zero attached hydrogens (tertiary/aromatic N) is 12. The second-order valence-corrected chi connectivity index (χ2v) is 10.8. The van der Waals surface area contributed by atoms with Gasteiger partial charge in [0.25, 0.3) is 17.1 Å². The van der Waals surface area contributed by atoms with Crippen LogP contribution in [0.1, 0.15) is 48.4 Å². The summed E-state index contributed by atoms with van der Waals surface area (Å²) < 4.78 is 0. The van der Waals surface area contributed by atoms with Gasteiger partial charge in [-0.15, -0.1) is 0 Å². The molecule has 0 amide bonds. The summed E-state index contributed by atoms with van der Waals surface area (Å²) in [5.74, 6) is 0. The minimum absolute atomic E-state index is 0.0878. The van der Waals surface area contributed by atoms with Gasteiger partial charge >= 0.3 is 0 Å². The molecule has 0 unspecified atom stereocenters. The Kier molecular flexibility index (Phi) is 9.36. The van der Waals surface area contributed by atoms with Gasteiger partial charge in [0, 0.05) is 47.0 Å². The van der Waals surface area contributed by atoms with Gasteiger partial charge in [-0.2, -0.15) is 40.9 Å². The number of benzene rings is 4. The monoisotopic (exact) mass is 660 g/mol. The third kappa shape index (κ3) is 8.82. The molecule has 8 rings (SSSR count). The summed E-state index contributed by atoms with van der Waals surface area (Å²) in [5, 5.41) is 61.3. The second kappa shape index (κ2) is 13.8. The number of hydrogen-bond donors (Lipinski definition) is 0. The lowest BCUT2D eigenvalue weighted by Gasteiger charge is -2.02. The molecule has 244 valence electrons. The average molecular weight is 661 g/mol. The van der Waals surface area contributed by atoms with E-state index in [1.165, 1.54) is 30.3 Å². The summed E-state index contributed by atoms with van der Waals surface area (Å²) in [6.07, 6.45) is -0.462. The molecule has 0 saturated carbocycles. The van der Waals surface area contributed by atoms with Crippen LogP contribution in [0.4, 0.5) is 22.7 Å². The van der Waals surface area contributed by atoms with Gasteiger partial charge in [0.05, 0.1) is 26.9 Å². The van der Waals surface area contributed by atoms with Gasteiger partial charge < -0.3 is 0 Å². The molecule has 0 bridgehead atoms. The maximum atomic E-state index is 10.5. The van der Waals surface area contributed by atoms with Crippen molar-refractivity contribution in [3.8, 4) is 0 Å². The zero-order valence-electron chi connectivity index (χ0n) is 25.7. The molecule has 0 atom stereocenters. The maximum Gasteiger partial charge on any atom is 0.276 e. The molecule has 18 heteroatoms. The molecule has 0 N–H and O–H groups in total. The van der Waals surface area contributed by atoms with Gasteiger partial charge in [0.2, 0.25) is 23.7 Å². The molecule has 0 aromatic heterocycles. The Morgan fingerprint density at radius 3 is 1.57 bits per heavy atom. The van der Waals surface area contributed by atoms with Crippen molar-refractivity contribution in [1.29, 1.82) is 0 Å². The first-order chi connectivity index (χ1) is 23.4. The molecule has 4 aromatic carbocycles. The molecule has 18 nitrogen and oxygen atoms in total. The Morgan fingerprint density at radius 2 is 1.12 bits per heavy atom. The second-order valence-electron chi connectivity index (χ2n) is 10.8. The smallest absolute Gasteiger partial charge is 0.258 e. The maximum absolute atomic E-state index is 10.5. The average Bonchev–Trinajstić information content (AvgIpc) is 3.92. The first-order valence-corrected chi connectivity index (χ1v) is 14.3. The zero-order valence-corrected chi connectivity index (χ0v) is 25.7. The number of hydrogen-bond acceptors (Lipinski definition) is 14. The van der Waals surface area contributed by atoms with E-state index in [0.717, 1.165) is 16.7 Å². The topological polar surface area (TPSA) is 233 Å². The lowest BCUT2D eigenvalue weighted by Crippen LogP contribution is -2.01. The van der Waals surface area contributed by atoms with E-state index in [9.17, 15) is 30.3 Å². The van der Waals surface area contributed by atoms with Gasteiger partial charge in [-0.05, 0) is 32.0 Å². The molecule has 49 heavy (non-hydrogen) atoms. The molecule has 0 spiro atoms. The van der Waals surface area contributed by atoms with E-state index in [1.807, 2.05) is 26.0 Å². The standard InChI is InChI=1S/C9H7N3.C8H7N3O2.2C7H5N3O2/c1-9(11-12-9)7-3-5-8(10-2)6-4-7;1-8(9-10-8)6-2-4-7(5-3-6)11(12)13;11-10(12)6-3-1-2-5(4-6)7-8-9-7;11-10(12)6-4-2-1-3-5(6)7-8-9-7/h3-6H,1H3;2-5H,1H3;2*1-4,7H. The molecule has 4 aliphatic heterocycles. The van der Waals surface area contributed by atoms with Crippen LogP contribution in [-0.4, -0.2) is 14.8 Å². The SMILES string of the molecule is CC1(c2ccc([N+](=O)[O-])cc2)N=N1.O=[N+]([O-])c1cccc(C2N=N2)c1.O=[N+]([O-])c1ccccc1C1N=N1.[C-]#[N+]c1ccc(C2(C)N=N2)cc1. The molecule has 4 heterocycles. The van der Waals surface area contributed by atoms with Crippen LogP contribution in [-0.2, 0) is 11.3 Å². The number of nitro benzene ring substituents is 3.